The molecule has 5 nitrogen and oxygen atoms in total. The molecule has 1 aromatic rings. The lowest BCUT2D eigenvalue weighted by Crippen LogP contribution is -2.25. The lowest BCUT2D eigenvalue weighted by Gasteiger charge is -2.18. The number of nitrogens with zero attached hydrogens (tertiary/aromatic N) is 2. The van der Waals surface area contributed by atoms with Crippen molar-refractivity contribution in [2.75, 3.05) is 6.54 Å². The van der Waals surface area contributed by atoms with Crippen LogP contribution < -0.4 is 5.32 Å². The van der Waals surface area contributed by atoms with Crippen molar-refractivity contribution in [3.63, 3.8) is 0 Å². The van der Waals surface area contributed by atoms with E-state index in [0.717, 1.165) is 12.0 Å². The van der Waals surface area contributed by atoms with Crippen molar-refractivity contribution < 1.29 is 4.92 Å². The third kappa shape index (κ3) is 3.82. The zero-order valence-corrected chi connectivity index (χ0v) is 10.6. The van der Waals surface area contributed by atoms with Crippen LogP contribution in [0.2, 0.25) is 0 Å². The largest absolute Gasteiger partial charge is 0.309 e. The number of rotatable bonds is 6. The molecule has 2 atom stereocenters. The van der Waals surface area contributed by atoms with E-state index in [1.54, 1.807) is 12.1 Å². The van der Waals surface area contributed by atoms with Crippen molar-refractivity contribution in [3.8, 4) is 6.07 Å². The fourth-order valence-electron chi connectivity index (χ4n) is 1.72. The highest BCUT2D eigenvalue weighted by Crippen LogP contribution is 2.21. The summed E-state index contributed by atoms with van der Waals surface area (Å²) in [6.45, 7) is 4.43. The van der Waals surface area contributed by atoms with Gasteiger partial charge < -0.3 is 5.32 Å². The maximum Gasteiger partial charge on any atom is 0.269 e. The number of benzene rings is 1. The molecular weight excluding hydrogens is 230 g/mol. The lowest BCUT2D eigenvalue weighted by molar-refractivity contribution is -0.384. The van der Waals surface area contributed by atoms with Crippen molar-refractivity contribution >= 4 is 5.69 Å². The Morgan fingerprint density at radius 2 is 2.28 bits per heavy atom. The number of nitro benzene ring substituents is 1. The van der Waals surface area contributed by atoms with Crippen LogP contribution in [0.5, 0.6) is 0 Å². The predicted octanol–water partition coefficient (Wildman–Crippen LogP) is 2.80. The van der Waals surface area contributed by atoms with E-state index in [4.69, 9.17) is 5.26 Å². The minimum atomic E-state index is -0.395. The summed E-state index contributed by atoms with van der Waals surface area (Å²) >= 11 is 0. The molecule has 1 aromatic carbocycles. The van der Waals surface area contributed by atoms with E-state index in [1.165, 1.54) is 6.07 Å². The highest BCUT2D eigenvalue weighted by Gasteiger charge is 2.13. The van der Waals surface area contributed by atoms with Crippen LogP contribution in [0.4, 0.5) is 5.69 Å². The molecule has 0 fully saturated rings. The number of hydrogen-bond donors (Lipinski definition) is 1. The minimum Gasteiger partial charge on any atom is -0.309 e. The summed E-state index contributed by atoms with van der Waals surface area (Å²) in [6, 6.07) is 8.81. The van der Waals surface area contributed by atoms with Gasteiger partial charge in [0.15, 0.2) is 0 Å². The molecule has 18 heavy (non-hydrogen) atoms. The standard InChI is InChI=1S/C13H17N3O2/c1-3-13(15-9-10(2)8-14)11-5-4-6-12(7-11)16(17)18/h4-7,10,13,15H,3,9H2,1-2H3. The van der Waals surface area contributed by atoms with Crippen LogP contribution in [-0.4, -0.2) is 11.5 Å². The van der Waals surface area contributed by atoms with Gasteiger partial charge in [-0.1, -0.05) is 19.1 Å². The average Bonchev–Trinajstić information content (AvgIpc) is 2.39. The molecule has 0 bridgehead atoms. The van der Waals surface area contributed by atoms with E-state index < -0.39 is 4.92 Å². The van der Waals surface area contributed by atoms with Crippen LogP contribution in [0, 0.1) is 27.4 Å². The third-order valence-corrected chi connectivity index (χ3v) is 2.78. The van der Waals surface area contributed by atoms with E-state index in [1.807, 2.05) is 19.9 Å². The van der Waals surface area contributed by atoms with E-state index in [2.05, 4.69) is 11.4 Å². The van der Waals surface area contributed by atoms with Crippen LogP contribution in [0.1, 0.15) is 31.9 Å². The van der Waals surface area contributed by atoms with Gasteiger partial charge in [-0.25, -0.2) is 0 Å². The summed E-state index contributed by atoms with van der Waals surface area (Å²) in [5.41, 5.74) is 0.984. The Morgan fingerprint density at radius 3 is 2.83 bits per heavy atom. The average molecular weight is 247 g/mol. The normalized spacial score (nSPS) is 13.6. The van der Waals surface area contributed by atoms with Crippen LogP contribution in [-0.2, 0) is 0 Å². The SMILES string of the molecule is CCC(NCC(C)C#N)c1cccc([N+](=O)[O-])c1. The Bertz CT molecular complexity index is 454. The molecule has 0 saturated carbocycles. The van der Waals surface area contributed by atoms with Crippen molar-refractivity contribution in [2.24, 2.45) is 5.92 Å². The second kappa shape index (κ2) is 6.72. The lowest BCUT2D eigenvalue weighted by atomic mass is 10.0. The fraction of sp³-hybridized carbons (Fsp3) is 0.462. The molecule has 2 unspecified atom stereocenters. The van der Waals surface area contributed by atoms with Crippen LogP contribution >= 0.6 is 0 Å². The molecule has 1 rings (SSSR count). The fourth-order valence-corrected chi connectivity index (χ4v) is 1.72. The van der Waals surface area contributed by atoms with E-state index in [0.29, 0.717) is 6.54 Å². The van der Waals surface area contributed by atoms with E-state index >= 15 is 0 Å². The second-order valence-corrected chi connectivity index (χ2v) is 4.25. The Kier molecular flexibility index (Phi) is 5.28. The smallest absolute Gasteiger partial charge is 0.269 e. The quantitative estimate of drug-likeness (QED) is 0.619. The van der Waals surface area contributed by atoms with Gasteiger partial charge in [0.2, 0.25) is 0 Å². The molecule has 0 aliphatic rings. The topological polar surface area (TPSA) is 79.0 Å². The van der Waals surface area contributed by atoms with Gasteiger partial charge in [0, 0.05) is 24.7 Å². The first-order valence-electron chi connectivity index (χ1n) is 5.95. The Balaban J connectivity index is 2.79. The number of nitro groups is 1. The predicted molar refractivity (Wildman–Crippen MR) is 68.9 cm³/mol. The molecule has 96 valence electrons. The Morgan fingerprint density at radius 1 is 1.56 bits per heavy atom. The molecule has 1 N–H and O–H groups in total. The second-order valence-electron chi connectivity index (χ2n) is 4.25. The van der Waals surface area contributed by atoms with E-state index in [-0.39, 0.29) is 17.6 Å². The molecule has 0 spiro atoms. The Labute approximate surface area is 107 Å². The van der Waals surface area contributed by atoms with Gasteiger partial charge in [-0.3, -0.25) is 10.1 Å². The molecule has 0 aliphatic carbocycles. The third-order valence-electron chi connectivity index (χ3n) is 2.78. The van der Waals surface area contributed by atoms with Crippen LogP contribution in [0.25, 0.3) is 0 Å². The number of non-ortho nitro benzene ring substituents is 1. The molecule has 0 aliphatic heterocycles. The van der Waals surface area contributed by atoms with Gasteiger partial charge in [-0.2, -0.15) is 5.26 Å². The molecule has 0 saturated heterocycles. The number of nitriles is 1. The summed E-state index contributed by atoms with van der Waals surface area (Å²) in [5.74, 6) is -0.0715. The summed E-state index contributed by atoms with van der Waals surface area (Å²) in [5, 5.41) is 22.7. The summed E-state index contributed by atoms with van der Waals surface area (Å²) in [6.07, 6.45) is 0.819. The molecule has 5 heteroatoms. The maximum absolute atomic E-state index is 10.7. The first kappa shape index (κ1) is 14.1. The highest BCUT2D eigenvalue weighted by atomic mass is 16.6. The van der Waals surface area contributed by atoms with Crippen molar-refractivity contribution in [1.29, 1.82) is 5.26 Å². The van der Waals surface area contributed by atoms with Gasteiger partial charge in [0.05, 0.1) is 16.9 Å². The zero-order chi connectivity index (χ0) is 13.5. The molecule has 0 heterocycles. The number of hydrogen-bond acceptors (Lipinski definition) is 4. The summed E-state index contributed by atoms with van der Waals surface area (Å²) < 4.78 is 0. The molecule has 0 aromatic heterocycles. The van der Waals surface area contributed by atoms with Crippen molar-refractivity contribution in [3.05, 3.63) is 39.9 Å². The first-order valence-corrected chi connectivity index (χ1v) is 5.95. The molecule has 0 radical (unpaired) electrons. The van der Waals surface area contributed by atoms with Gasteiger partial charge in [-0.05, 0) is 18.9 Å². The Hall–Kier alpha value is -1.93. The molecule has 0 amide bonds. The maximum atomic E-state index is 10.7. The van der Waals surface area contributed by atoms with Crippen LogP contribution in [0.15, 0.2) is 24.3 Å². The monoisotopic (exact) mass is 247 g/mol. The highest BCUT2D eigenvalue weighted by molar-refractivity contribution is 5.35. The van der Waals surface area contributed by atoms with Crippen molar-refractivity contribution in [2.45, 2.75) is 26.3 Å². The summed E-state index contributed by atoms with van der Waals surface area (Å²) in [4.78, 5) is 10.3. The van der Waals surface area contributed by atoms with Gasteiger partial charge >= 0.3 is 0 Å². The zero-order valence-electron chi connectivity index (χ0n) is 10.6. The number of nitrogens with one attached hydrogen (secondary N) is 1. The van der Waals surface area contributed by atoms with Gasteiger partial charge in [0.1, 0.15) is 0 Å². The summed E-state index contributed by atoms with van der Waals surface area (Å²) in [7, 11) is 0. The minimum absolute atomic E-state index is 0.0423. The van der Waals surface area contributed by atoms with Gasteiger partial charge in [-0.15, -0.1) is 0 Å². The molecular formula is C13H17N3O2. The van der Waals surface area contributed by atoms with E-state index in [9.17, 15) is 10.1 Å². The van der Waals surface area contributed by atoms with Crippen molar-refractivity contribution in [1.82, 2.24) is 5.32 Å². The van der Waals surface area contributed by atoms with Gasteiger partial charge in [0.25, 0.3) is 5.69 Å². The van der Waals surface area contributed by atoms with Crippen LogP contribution in [0.3, 0.4) is 0 Å². The first-order chi connectivity index (χ1) is 8.58.